The Bertz CT molecular complexity index is 734. The molecule has 0 atom stereocenters. The van der Waals surface area contributed by atoms with Gasteiger partial charge in [-0.25, -0.2) is 19.9 Å². The summed E-state index contributed by atoms with van der Waals surface area (Å²) in [6.45, 7) is 10.2. The normalized spacial score (nSPS) is 18.0. The van der Waals surface area contributed by atoms with Crippen LogP contribution < -0.4 is 14.7 Å². The van der Waals surface area contributed by atoms with Crippen LogP contribution in [0.5, 0.6) is 0 Å². The molecule has 0 amide bonds. The topological polar surface area (TPSA) is 61.3 Å². The van der Waals surface area contributed by atoms with Crippen LogP contribution in [0.4, 0.5) is 17.5 Å². The average Bonchev–Trinajstić information content (AvgIpc) is 3.23. The third-order valence-corrected chi connectivity index (χ3v) is 5.17. The maximum atomic E-state index is 4.72. The van der Waals surface area contributed by atoms with Crippen molar-refractivity contribution in [2.24, 2.45) is 0 Å². The minimum atomic E-state index is 0.348. The van der Waals surface area contributed by atoms with Crippen molar-refractivity contribution in [3.05, 3.63) is 30.5 Å². The van der Waals surface area contributed by atoms with Crippen molar-refractivity contribution in [2.75, 3.05) is 54.0 Å². The summed E-state index contributed by atoms with van der Waals surface area (Å²) in [5.41, 5.74) is 0. The van der Waals surface area contributed by atoms with Crippen molar-refractivity contribution in [1.29, 1.82) is 0 Å². The Hall–Kier alpha value is -2.44. The van der Waals surface area contributed by atoms with Gasteiger partial charge in [-0.05, 0) is 18.9 Å². The molecule has 138 valence electrons. The minimum absolute atomic E-state index is 0.348. The molecule has 4 rings (SSSR count). The van der Waals surface area contributed by atoms with Gasteiger partial charge in [-0.15, -0.1) is 0 Å². The Kier molecular flexibility index (Phi) is 4.86. The fraction of sp³-hybridized carbons (Fsp3) is 0.579. The zero-order valence-electron chi connectivity index (χ0n) is 15.7. The van der Waals surface area contributed by atoms with Crippen molar-refractivity contribution in [3.63, 3.8) is 0 Å². The Balaban J connectivity index is 1.42. The first-order valence-corrected chi connectivity index (χ1v) is 9.60. The van der Waals surface area contributed by atoms with E-state index in [-0.39, 0.29) is 0 Å². The monoisotopic (exact) mass is 353 g/mol. The predicted octanol–water partition coefficient (Wildman–Crippen LogP) is 2.32. The van der Waals surface area contributed by atoms with Crippen LogP contribution in [0, 0.1) is 0 Å². The highest BCUT2D eigenvalue weighted by atomic mass is 15.3. The van der Waals surface area contributed by atoms with Crippen LogP contribution in [0.25, 0.3) is 0 Å². The molecule has 0 spiro atoms. The third kappa shape index (κ3) is 3.57. The fourth-order valence-electron chi connectivity index (χ4n) is 3.61. The summed E-state index contributed by atoms with van der Waals surface area (Å²) in [6, 6.07) is 4.15. The second-order valence-corrected chi connectivity index (χ2v) is 7.33. The molecule has 0 N–H and O–H groups in total. The second kappa shape index (κ2) is 7.43. The van der Waals surface area contributed by atoms with Crippen molar-refractivity contribution in [3.8, 4) is 0 Å². The molecule has 4 heterocycles. The number of nitrogens with zero attached hydrogens (tertiary/aromatic N) is 7. The van der Waals surface area contributed by atoms with Crippen molar-refractivity contribution in [2.45, 2.75) is 32.6 Å². The molecule has 2 aliphatic rings. The van der Waals surface area contributed by atoms with E-state index in [0.717, 1.165) is 62.5 Å². The summed E-state index contributed by atoms with van der Waals surface area (Å²) in [5.74, 6) is 4.39. The van der Waals surface area contributed by atoms with Crippen molar-refractivity contribution in [1.82, 2.24) is 19.9 Å². The van der Waals surface area contributed by atoms with Gasteiger partial charge in [-0.1, -0.05) is 13.8 Å². The van der Waals surface area contributed by atoms with Gasteiger partial charge < -0.3 is 14.7 Å². The summed E-state index contributed by atoms with van der Waals surface area (Å²) < 4.78 is 0. The van der Waals surface area contributed by atoms with E-state index in [9.17, 15) is 0 Å². The minimum Gasteiger partial charge on any atom is -0.356 e. The fourth-order valence-corrected chi connectivity index (χ4v) is 3.61. The standard InChI is InChI=1S/C19H27N7/c1-15(2)19-20-6-5-16(23-19)25-9-11-26(12-10-25)18-13-17(21-14-22-18)24-7-3-4-8-24/h5-6,13-15H,3-4,7-12H2,1-2H3. The highest BCUT2D eigenvalue weighted by Crippen LogP contribution is 2.23. The molecule has 0 aromatic carbocycles. The molecule has 0 aliphatic carbocycles. The zero-order valence-corrected chi connectivity index (χ0v) is 15.7. The molecule has 2 aliphatic heterocycles. The van der Waals surface area contributed by atoms with Crippen LogP contribution in [-0.2, 0) is 0 Å². The summed E-state index contributed by atoms with van der Waals surface area (Å²) in [6.07, 6.45) is 6.09. The molecule has 2 aromatic heterocycles. The van der Waals surface area contributed by atoms with Gasteiger partial charge in [-0.2, -0.15) is 0 Å². The molecule has 0 saturated carbocycles. The molecule has 2 fully saturated rings. The molecule has 26 heavy (non-hydrogen) atoms. The average molecular weight is 353 g/mol. The summed E-state index contributed by atoms with van der Waals surface area (Å²) >= 11 is 0. The van der Waals surface area contributed by atoms with E-state index in [1.54, 1.807) is 6.33 Å². The van der Waals surface area contributed by atoms with Crippen LogP contribution in [0.2, 0.25) is 0 Å². The quantitative estimate of drug-likeness (QED) is 0.836. The van der Waals surface area contributed by atoms with E-state index in [0.29, 0.717) is 5.92 Å². The largest absolute Gasteiger partial charge is 0.356 e. The van der Waals surface area contributed by atoms with E-state index >= 15 is 0 Å². The van der Waals surface area contributed by atoms with Gasteiger partial charge in [0, 0.05) is 57.4 Å². The highest BCUT2D eigenvalue weighted by molar-refractivity contribution is 5.52. The summed E-state index contributed by atoms with van der Waals surface area (Å²) in [5, 5.41) is 0. The van der Waals surface area contributed by atoms with Crippen LogP contribution in [0.1, 0.15) is 38.4 Å². The van der Waals surface area contributed by atoms with E-state index < -0.39 is 0 Å². The SMILES string of the molecule is CC(C)c1nccc(N2CCN(c3cc(N4CCCC4)ncn3)CC2)n1. The van der Waals surface area contributed by atoms with Crippen LogP contribution >= 0.6 is 0 Å². The van der Waals surface area contributed by atoms with E-state index in [1.165, 1.54) is 12.8 Å². The van der Waals surface area contributed by atoms with Crippen molar-refractivity contribution < 1.29 is 0 Å². The maximum Gasteiger partial charge on any atom is 0.134 e. The predicted molar refractivity (Wildman–Crippen MR) is 104 cm³/mol. The number of rotatable bonds is 4. The molecular weight excluding hydrogens is 326 g/mol. The van der Waals surface area contributed by atoms with Gasteiger partial charge in [0.05, 0.1) is 0 Å². The lowest BCUT2D eigenvalue weighted by Crippen LogP contribution is -2.47. The number of piperazine rings is 1. The number of hydrogen-bond acceptors (Lipinski definition) is 7. The zero-order chi connectivity index (χ0) is 17.9. The Morgan fingerprint density at radius 3 is 1.96 bits per heavy atom. The first-order chi connectivity index (χ1) is 12.7. The van der Waals surface area contributed by atoms with Gasteiger partial charge in [0.25, 0.3) is 0 Å². The van der Waals surface area contributed by atoms with Gasteiger partial charge >= 0.3 is 0 Å². The lowest BCUT2D eigenvalue weighted by atomic mass is 10.2. The molecule has 0 bridgehead atoms. The molecule has 0 unspecified atom stereocenters. The van der Waals surface area contributed by atoms with Crippen LogP contribution in [-0.4, -0.2) is 59.2 Å². The Morgan fingerprint density at radius 1 is 0.769 bits per heavy atom. The third-order valence-electron chi connectivity index (χ3n) is 5.17. The number of aromatic nitrogens is 4. The highest BCUT2D eigenvalue weighted by Gasteiger charge is 2.21. The summed E-state index contributed by atoms with van der Waals surface area (Å²) in [4.78, 5) is 25.1. The van der Waals surface area contributed by atoms with E-state index in [4.69, 9.17) is 4.98 Å². The van der Waals surface area contributed by atoms with Crippen LogP contribution in [0.3, 0.4) is 0 Å². The van der Waals surface area contributed by atoms with Crippen molar-refractivity contribution >= 4 is 17.5 Å². The molecule has 7 nitrogen and oxygen atoms in total. The maximum absolute atomic E-state index is 4.72. The van der Waals surface area contributed by atoms with E-state index in [2.05, 4.69) is 49.6 Å². The van der Waals surface area contributed by atoms with Gasteiger partial charge in [0.2, 0.25) is 0 Å². The number of hydrogen-bond donors (Lipinski definition) is 0. The molecule has 0 radical (unpaired) electrons. The number of anilines is 3. The molecule has 2 saturated heterocycles. The lowest BCUT2D eigenvalue weighted by Gasteiger charge is -2.36. The smallest absolute Gasteiger partial charge is 0.134 e. The van der Waals surface area contributed by atoms with E-state index in [1.807, 2.05) is 12.3 Å². The molecule has 7 heteroatoms. The molecule has 2 aromatic rings. The summed E-state index contributed by atoms with van der Waals surface area (Å²) in [7, 11) is 0. The Labute approximate surface area is 155 Å². The van der Waals surface area contributed by atoms with Crippen LogP contribution in [0.15, 0.2) is 24.7 Å². The first-order valence-electron chi connectivity index (χ1n) is 9.60. The Morgan fingerprint density at radius 2 is 1.35 bits per heavy atom. The lowest BCUT2D eigenvalue weighted by molar-refractivity contribution is 0.636. The van der Waals surface area contributed by atoms with Gasteiger partial charge in [-0.3, -0.25) is 0 Å². The van der Waals surface area contributed by atoms with Gasteiger partial charge in [0.15, 0.2) is 0 Å². The second-order valence-electron chi connectivity index (χ2n) is 7.33. The molecular formula is C19H27N7. The van der Waals surface area contributed by atoms with Gasteiger partial charge in [0.1, 0.15) is 29.6 Å². The first kappa shape index (κ1) is 17.0.